The Morgan fingerprint density at radius 3 is 2.89 bits per heavy atom. The highest BCUT2D eigenvalue weighted by atomic mass is 16.5. The van der Waals surface area contributed by atoms with E-state index in [0.717, 1.165) is 0 Å². The summed E-state index contributed by atoms with van der Waals surface area (Å²) in [6.45, 7) is 4.08. The van der Waals surface area contributed by atoms with E-state index in [1.807, 2.05) is 6.92 Å². The van der Waals surface area contributed by atoms with Gasteiger partial charge in [-0.05, 0) is 32.0 Å². The molecule has 0 aromatic carbocycles. The zero-order valence-corrected chi connectivity index (χ0v) is 10.6. The molecule has 0 aliphatic carbocycles. The number of hydrogen-bond acceptors (Lipinski definition) is 5. The van der Waals surface area contributed by atoms with Gasteiger partial charge in [0, 0.05) is 12.1 Å². The smallest absolute Gasteiger partial charge is 0.341 e. The van der Waals surface area contributed by atoms with Crippen molar-refractivity contribution in [1.82, 2.24) is 4.98 Å². The number of carbonyl (C=O) groups is 1. The van der Waals surface area contributed by atoms with Crippen LogP contribution in [0.4, 0.5) is 0 Å². The van der Waals surface area contributed by atoms with Crippen LogP contribution in [0, 0.1) is 5.92 Å². The van der Waals surface area contributed by atoms with Crippen molar-refractivity contribution >= 4 is 5.97 Å². The summed E-state index contributed by atoms with van der Waals surface area (Å²) in [6, 6.07) is 2.96. The number of nitrogens with two attached hydrogens (primary N) is 2. The topological polar surface area (TPSA) is 111 Å². The molecule has 100 valence electrons. The lowest BCUT2D eigenvalue weighted by atomic mass is 9.96. The number of nitrogens with zero attached hydrogens (tertiary/aromatic N) is 1. The van der Waals surface area contributed by atoms with Crippen LogP contribution in [-0.4, -0.2) is 28.3 Å². The summed E-state index contributed by atoms with van der Waals surface area (Å²) >= 11 is 0. The summed E-state index contributed by atoms with van der Waals surface area (Å²) < 4.78 is 5.54. The van der Waals surface area contributed by atoms with Crippen molar-refractivity contribution in [3.63, 3.8) is 0 Å². The van der Waals surface area contributed by atoms with Crippen molar-refractivity contribution in [2.45, 2.75) is 26.0 Å². The fraction of sp³-hybridized carbons (Fsp3) is 0.500. The summed E-state index contributed by atoms with van der Waals surface area (Å²) in [6.07, 6.45) is 2.15. The SMILES string of the molecule is CC(CCN)C(C)(N)Oc1ncccc1C(=O)O. The molecular weight excluding hydrogens is 234 g/mol. The van der Waals surface area contributed by atoms with Crippen LogP contribution in [0.15, 0.2) is 18.3 Å². The van der Waals surface area contributed by atoms with E-state index in [9.17, 15) is 4.79 Å². The van der Waals surface area contributed by atoms with Gasteiger partial charge in [0.25, 0.3) is 0 Å². The Morgan fingerprint density at radius 1 is 1.67 bits per heavy atom. The van der Waals surface area contributed by atoms with Gasteiger partial charge in [-0.1, -0.05) is 6.92 Å². The second-order valence-electron chi connectivity index (χ2n) is 4.43. The normalized spacial score (nSPS) is 15.8. The molecule has 1 aromatic rings. The highest BCUT2D eigenvalue weighted by Gasteiger charge is 2.30. The van der Waals surface area contributed by atoms with E-state index >= 15 is 0 Å². The average molecular weight is 253 g/mol. The standard InChI is InChI=1S/C12H19N3O3/c1-8(5-6-13)12(2,14)18-10-9(11(16)17)4-3-7-15-10/h3-4,7-8H,5-6,13-14H2,1-2H3,(H,16,17). The fourth-order valence-corrected chi connectivity index (χ4v) is 1.48. The molecule has 0 saturated carbocycles. The lowest BCUT2D eigenvalue weighted by Crippen LogP contribution is -2.49. The molecule has 1 heterocycles. The molecule has 2 atom stereocenters. The number of hydrogen-bond donors (Lipinski definition) is 3. The maximum atomic E-state index is 11.0. The van der Waals surface area contributed by atoms with E-state index in [-0.39, 0.29) is 17.4 Å². The summed E-state index contributed by atoms with van der Waals surface area (Å²) in [5.41, 5.74) is 10.5. The molecule has 0 aliphatic rings. The molecule has 0 spiro atoms. The van der Waals surface area contributed by atoms with Crippen LogP contribution in [0.1, 0.15) is 30.6 Å². The quantitative estimate of drug-likeness (QED) is 0.647. The number of pyridine rings is 1. The first-order valence-electron chi connectivity index (χ1n) is 5.74. The van der Waals surface area contributed by atoms with Crippen LogP contribution >= 0.6 is 0 Å². The molecule has 0 fully saturated rings. The Bertz CT molecular complexity index is 421. The maximum Gasteiger partial charge on any atom is 0.341 e. The number of carboxylic acid groups (broad SMARTS) is 1. The highest BCUT2D eigenvalue weighted by molar-refractivity contribution is 5.90. The molecule has 6 nitrogen and oxygen atoms in total. The monoisotopic (exact) mass is 253 g/mol. The third-order valence-electron chi connectivity index (χ3n) is 2.90. The second kappa shape index (κ2) is 5.79. The first-order valence-corrected chi connectivity index (χ1v) is 5.74. The van der Waals surface area contributed by atoms with Gasteiger partial charge in [-0.2, -0.15) is 0 Å². The van der Waals surface area contributed by atoms with Crippen molar-refractivity contribution in [2.24, 2.45) is 17.4 Å². The molecule has 1 rings (SSSR count). The summed E-state index contributed by atoms with van der Waals surface area (Å²) in [5, 5.41) is 9.02. The molecule has 0 saturated heterocycles. The van der Waals surface area contributed by atoms with Crippen LogP contribution < -0.4 is 16.2 Å². The predicted octanol–water partition coefficient (Wildman–Crippen LogP) is 0.818. The molecule has 5 N–H and O–H groups in total. The Balaban J connectivity index is 2.93. The summed E-state index contributed by atoms with van der Waals surface area (Å²) in [7, 11) is 0. The van der Waals surface area contributed by atoms with Crippen LogP contribution in [0.2, 0.25) is 0 Å². The minimum atomic E-state index is -1.10. The van der Waals surface area contributed by atoms with Gasteiger partial charge >= 0.3 is 5.97 Å². The van der Waals surface area contributed by atoms with Gasteiger partial charge in [0.1, 0.15) is 5.56 Å². The number of carboxylic acids is 1. The predicted molar refractivity (Wildman–Crippen MR) is 67.3 cm³/mol. The van der Waals surface area contributed by atoms with E-state index in [2.05, 4.69) is 4.98 Å². The molecule has 0 radical (unpaired) electrons. The zero-order chi connectivity index (χ0) is 13.8. The van der Waals surface area contributed by atoms with Crippen LogP contribution in [0.25, 0.3) is 0 Å². The third-order valence-corrected chi connectivity index (χ3v) is 2.90. The molecule has 0 amide bonds. The van der Waals surface area contributed by atoms with E-state index < -0.39 is 11.7 Å². The number of rotatable bonds is 6. The molecule has 0 aliphatic heterocycles. The molecule has 18 heavy (non-hydrogen) atoms. The van der Waals surface area contributed by atoms with Crippen molar-refractivity contribution < 1.29 is 14.6 Å². The Hall–Kier alpha value is -1.66. The molecule has 0 bridgehead atoms. The highest BCUT2D eigenvalue weighted by Crippen LogP contribution is 2.24. The second-order valence-corrected chi connectivity index (χ2v) is 4.43. The molecule has 1 aromatic heterocycles. The van der Waals surface area contributed by atoms with Crippen LogP contribution in [-0.2, 0) is 0 Å². The van der Waals surface area contributed by atoms with Crippen molar-refractivity contribution in [3.8, 4) is 5.88 Å². The van der Waals surface area contributed by atoms with Crippen LogP contribution in [0.3, 0.4) is 0 Å². The first-order chi connectivity index (χ1) is 8.38. The van der Waals surface area contributed by atoms with Crippen molar-refractivity contribution in [2.75, 3.05) is 6.54 Å². The fourth-order valence-electron chi connectivity index (χ4n) is 1.48. The average Bonchev–Trinajstić information content (AvgIpc) is 2.29. The Labute approximate surface area is 106 Å². The number of aromatic carboxylic acids is 1. The molecule has 6 heteroatoms. The molecule has 2 unspecified atom stereocenters. The first kappa shape index (κ1) is 14.4. The van der Waals surface area contributed by atoms with Gasteiger partial charge in [0.2, 0.25) is 5.88 Å². The lowest BCUT2D eigenvalue weighted by molar-refractivity contribution is 0.0298. The maximum absolute atomic E-state index is 11.0. The van der Waals surface area contributed by atoms with E-state index in [4.69, 9.17) is 21.3 Å². The van der Waals surface area contributed by atoms with Crippen molar-refractivity contribution in [1.29, 1.82) is 0 Å². The van der Waals surface area contributed by atoms with Gasteiger partial charge in [0.15, 0.2) is 5.72 Å². The summed E-state index contributed by atoms with van der Waals surface area (Å²) in [5.74, 6) is -1.09. The minimum Gasteiger partial charge on any atom is -0.477 e. The van der Waals surface area contributed by atoms with Crippen molar-refractivity contribution in [3.05, 3.63) is 23.9 Å². The lowest BCUT2D eigenvalue weighted by Gasteiger charge is -2.31. The number of ether oxygens (including phenoxy) is 1. The third kappa shape index (κ3) is 3.41. The van der Waals surface area contributed by atoms with Gasteiger partial charge in [-0.25, -0.2) is 9.78 Å². The molecular formula is C12H19N3O3. The van der Waals surface area contributed by atoms with E-state index in [1.54, 1.807) is 6.92 Å². The van der Waals surface area contributed by atoms with Gasteiger partial charge in [-0.3, -0.25) is 5.73 Å². The zero-order valence-electron chi connectivity index (χ0n) is 10.6. The van der Waals surface area contributed by atoms with Gasteiger partial charge < -0.3 is 15.6 Å². The van der Waals surface area contributed by atoms with E-state index in [1.165, 1.54) is 18.3 Å². The van der Waals surface area contributed by atoms with Gasteiger partial charge in [0.05, 0.1) is 0 Å². The Morgan fingerprint density at radius 2 is 2.33 bits per heavy atom. The van der Waals surface area contributed by atoms with Gasteiger partial charge in [-0.15, -0.1) is 0 Å². The minimum absolute atomic E-state index is 0.00544. The summed E-state index contributed by atoms with van der Waals surface area (Å²) in [4.78, 5) is 14.9. The Kier molecular flexibility index (Phi) is 4.63. The van der Waals surface area contributed by atoms with Crippen LogP contribution in [0.5, 0.6) is 5.88 Å². The van der Waals surface area contributed by atoms with E-state index in [0.29, 0.717) is 13.0 Å². The number of aromatic nitrogens is 1. The largest absolute Gasteiger partial charge is 0.477 e.